The number of ether oxygens (including phenoxy) is 2. The van der Waals surface area contributed by atoms with Gasteiger partial charge in [0.2, 0.25) is 0 Å². The van der Waals surface area contributed by atoms with Crippen LogP contribution in [0.15, 0.2) is 35.9 Å². The van der Waals surface area contributed by atoms with Crippen LogP contribution in [0.1, 0.15) is 45.6 Å². The number of benzene rings is 1. The highest BCUT2D eigenvalue weighted by molar-refractivity contribution is 6.01. The molecule has 0 bridgehead atoms. The number of nitrogens with zero attached hydrogens (tertiary/aromatic N) is 1. The van der Waals surface area contributed by atoms with Crippen LogP contribution in [-0.2, 0) is 14.3 Å². The maximum Gasteiger partial charge on any atom is 0.415 e. The van der Waals surface area contributed by atoms with Crippen molar-refractivity contribution in [1.29, 1.82) is 0 Å². The molecule has 1 aliphatic heterocycles. The lowest BCUT2D eigenvalue weighted by Crippen LogP contribution is -2.56. The Morgan fingerprint density at radius 2 is 1.88 bits per heavy atom. The number of hydrogen-bond donors (Lipinski definition) is 1. The molecule has 0 fully saturated rings. The van der Waals surface area contributed by atoms with E-state index in [1.54, 1.807) is 11.8 Å². The maximum absolute atomic E-state index is 12.8. The molecule has 0 radical (unpaired) electrons. The molecule has 2 rings (SSSR count). The second-order valence-corrected chi connectivity index (χ2v) is 6.24. The molecule has 1 aromatic carbocycles. The van der Waals surface area contributed by atoms with E-state index in [-0.39, 0.29) is 18.8 Å². The van der Waals surface area contributed by atoms with Gasteiger partial charge in [0.15, 0.2) is 0 Å². The Morgan fingerprint density at radius 3 is 2.46 bits per heavy atom. The molecule has 0 spiro atoms. The summed E-state index contributed by atoms with van der Waals surface area (Å²) in [5.74, 6) is -0.452. The average molecular weight is 360 g/mol. The van der Waals surface area contributed by atoms with Crippen molar-refractivity contribution >= 4 is 17.8 Å². The van der Waals surface area contributed by atoms with E-state index in [4.69, 9.17) is 9.47 Å². The van der Waals surface area contributed by atoms with Crippen LogP contribution in [-0.4, -0.2) is 42.9 Å². The second-order valence-electron chi connectivity index (χ2n) is 6.24. The van der Waals surface area contributed by atoms with Crippen molar-refractivity contribution in [1.82, 2.24) is 10.2 Å². The van der Waals surface area contributed by atoms with Crippen molar-refractivity contribution in [2.24, 2.45) is 0 Å². The summed E-state index contributed by atoms with van der Waals surface area (Å²) in [6.07, 6.45) is 2.03. The third-order valence-corrected chi connectivity index (χ3v) is 4.43. The minimum absolute atomic E-state index is 0.243. The van der Waals surface area contributed by atoms with Crippen LogP contribution in [0.4, 0.5) is 4.79 Å². The molecule has 2 atom stereocenters. The van der Waals surface area contributed by atoms with E-state index >= 15 is 0 Å². The topological polar surface area (TPSA) is 67.9 Å². The van der Waals surface area contributed by atoms with Crippen LogP contribution in [0.5, 0.6) is 0 Å². The number of carbonyl (C=O) groups is 2. The minimum atomic E-state index is -0.465. The molecule has 0 saturated heterocycles. The molecule has 1 N–H and O–H groups in total. The van der Waals surface area contributed by atoms with E-state index in [1.165, 1.54) is 7.11 Å². The number of esters is 1. The lowest BCUT2D eigenvalue weighted by molar-refractivity contribution is -0.136. The van der Waals surface area contributed by atoms with Crippen molar-refractivity contribution in [3.05, 3.63) is 41.5 Å². The third kappa shape index (κ3) is 4.25. The lowest BCUT2D eigenvalue weighted by Gasteiger charge is -2.41. The molecule has 26 heavy (non-hydrogen) atoms. The number of methoxy groups -OCH3 is 1. The van der Waals surface area contributed by atoms with Crippen molar-refractivity contribution in [3.63, 3.8) is 0 Å². The zero-order chi connectivity index (χ0) is 19.1. The van der Waals surface area contributed by atoms with Crippen LogP contribution in [0.25, 0.3) is 5.70 Å². The molecule has 142 valence electrons. The summed E-state index contributed by atoms with van der Waals surface area (Å²) in [6.45, 7) is 6.05. The predicted molar refractivity (Wildman–Crippen MR) is 100 cm³/mol. The molecule has 0 aromatic heterocycles. The summed E-state index contributed by atoms with van der Waals surface area (Å²) in [4.78, 5) is 26.9. The highest BCUT2D eigenvalue weighted by atomic mass is 16.6. The largest absolute Gasteiger partial charge is 0.466 e. The molecule has 0 aliphatic carbocycles. The number of hydrogen-bond acceptors (Lipinski definition) is 5. The Balaban J connectivity index is 2.63. The predicted octanol–water partition coefficient (Wildman–Crippen LogP) is 3.54. The van der Waals surface area contributed by atoms with E-state index in [1.807, 2.05) is 37.3 Å². The summed E-state index contributed by atoms with van der Waals surface area (Å²) >= 11 is 0. The first-order valence-corrected chi connectivity index (χ1v) is 9.15. The van der Waals surface area contributed by atoms with Gasteiger partial charge < -0.3 is 9.47 Å². The zero-order valence-corrected chi connectivity index (χ0v) is 16.0. The van der Waals surface area contributed by atoms with E-state index < -0.39 is 12.1 Å². The Morgan fingerprint density at radius 1 is 1.19 bits per heavy atom. The second kappa shape index (κ2) is 9.38. The van der Waals surface area contributed by atoms with Gasteiger partial charge in [0.25, 0.3) is 0 Å². The lowest BCUT2D eigenvalue weighted by atomic mass is 9.95. The van der Waals surface area contributed by atoms with Crippen LogP contribution >= 0.6 is 0 Å². The third-order valence-electron chi connectivity index (χ3n) is 4.43. The van der Waals surface area contributed by atoms with Crippen molar-refractivity contribution in [2.45, 2.75) is 52.2 Å². The van der Waals surface area contributed by atoms with Crippen LogP contribution < -0.4 is 5.32 Å². The Bertz CT molecular complexity index is 657. The average Bonchev–Trinajstić information content (AvgIpc) is 2.65. The van der Waals surface area contributed by atoms with Crippen molar-refractivity contribution in [3.8, 4) is 0 Å². The molecule has 1 aromatic rings. The van der Waals surface area contributed by atoms with Gasteiger partial charge in [0.05, 0.1) is 31.2 Å². The highest BCUT2D eigenvalue weighted by Crippen LogP contribution is 2.33. The normalized spacial score (nSPS) is 20.1. The van der Waals surface area contributed by atoms with E-state index in [2.05, 4.69) is 12.2 Å². The molecule has 1 amide bonds. The van der Waals surface area contributed by atoms with Crippen LogP contribution in [0.3, 0.4) is 0 Å². The minimum Gasteiger partial charge on any atom is -0.466 e. The summed E-state index contributed by atoms with van der Waals surface area (Å²) < 4.78 is 10.3. The van der Waals surface area contributed by atoms with Crippen molar-refractivity contribution in [2.75, 3.05) is 13.7 Å². The molecular weight excluding hydrogens is 332 g/mol. The summed E-state index contributed by atoms with van der Waals surface area (Å²) in [5.41, 5.74) is 1.78. The van der Waals surface area contributed by atoms with Gasteiger partial charge in [-0.05, 0) is 25.8 Å². The van der Waals surface area contributed by atoms with Crippen LogP contribution in [0, 0.1) is 0 Å². The first kappa shape index (κ1) is 20.0. The van der Waals surface area contributed by atoms with Gasteiger partial charge in [-0.3, -0.25) is 10.2 Å². The van der Waals surface area contributed by atoms with Gasteiger partial charge >= 0.3 is 12.1 Å². The summed E-state index contributed by atoms with van der Waals surface area (Å²) in [5, 5.41) is 3.37. The molecule has 0 saturated carbocycles. The first-order chi connectivity index (χ1) is 12.5. The SMILES string of the molecule is CCCCC1NC(C)C(C(=O)OC)=C(c2ccccc2)N1C(=O)OCC. The molecule has 6 heteroatoms. The Hall–Kier alpha value is -2.34. The summed E-state index contributed by atoms with van der Waals surface area (Å²) in [7, 11) is 1.35. The fourth-order valence-electron chi connectivity index (χ4n) is 3.23. The summed E-state index contributed by atoms with van der Waals surface area (Å²) in [6, 6.07) is 9.20. The van der Waals surface area contributed by atoms with Crippen molar-refractivity contribution < 1.29 is 19.1 Å². The molecular formula is C20H28N2O4. The standard InChI is InChI=1S/C20H28N2O4/c1-5-7-13-16-21-14(3)17(19(23)25-4)18(15-11-9-8-10-12-15)22(16)20(24)26-6-2/h8-12,14,16,21H,5-7,13H2,1-4H3. The molecule has 6 nitrogen and oxygen atoms in total. The Kier molecular flexibility index (Phi) is 7.21. The van der Waals surface area contributed by atoms with Gasteiger partial charge in [-0.2, -0.15) is 0 Å². The monoisotopic (exact) mass is 360 g/mol. The number of nitrogens with one attached hydrogen (secondary N) is 1. The highest BCUT2D eigenvalue weighted by Gasteiger charge is 2.40. The van der Waals surface area contributed by atoms with Gasteiger partial charge in [0, 0.05) is 6.04 Å². The van der Waals surface area contributed by atoms with E-state index in [0.717, 1.165) is 24.8 Å². The molecule has 1 aliphatic rings. The first-order valence-electron chi connectivity index (χ1n) is 9.15. The number of rotatable bonds is 6. The smallest absolute Gasteiger partial charge is 0.415 e. The van der Waals surface area contributed by atoms with Gasteiger partial charge in [-0.15, -0.1) is 0 Å². The van der Waals surface area contributed by atoms with E-state index in [0.29, 0.717) is 11.3 Å². The fraction of sp³-hybridized carbons (Fsp3) is 0.500. The van der Waals surface area contributed by atoms with Gasteiger partial charge in [-0.1, -0.05) is 50.1 Å². The fourth-order valence-corrected chi connectivity index (χ4v) is 3.23. The maximum atomic E-state index is 12.8. The molecule has 2 unspecified atom stereocenters. The molecule has 1 heterocycles. The zero-order valence-electron chi connectivity index (χ0n) is 16.0. The Labute approximate surface area is 155 Å². The quantitative estimate of drug-likeness (QED) is 0.786. The van der Waals surface area contributed by atoms with Gasteiger partial charge in [-0.25, -0.2) is 9.59 Å². The number of amides is 1. The van der Waals surface area contributed by atoms with Gasteiger partial charge in [0.1, 0.15) is 0 Å². The van der Waals surface area contributed by atoms with E-state index in [9.17, 15) is 9.59 Å². The number of carbonyl (C=O) groups excluding carboxylic acids is 2. The van der Waals surface area contributed by atoms with Crippen LogP contribution in [0.2, 0.25) is 0 Å². The number of unbranched alkanes of at least 4 members (excludes halogenated alkanes) is 1.